The molecule has 4 heteroatoms. The van der Waals surface area contributed by atoms with Crippen molar-refractivity contribution < 1.29 is 9.47 Å². The summed E-state index contributed by atoms with van der Waals surface area (Å²) in [7, 11) is 1.66. The standard InChI is InChI=1S/C13H10O2S2/c1-14-8-4-2-5-9-12(8)17-13-10(15-9)6-3-7-11(13)16/h2-7,16H,1H3. The van der Waals surface area contributed by atoms with Gasteiger partial charge in [0.1, 0.15) is 17.2 Å². The lowest BCUT2D eigenvalue weighted by Crippen LogP contribution is -1.97. The Labute approximate surface area is 109 Å². The van der Waals surface area contributed by atoms with Crippen molar-refractivity contribution >= 4 is 24.4 Å². The summed E-state index contributed by atoms with van der Waals surface area (Å²) in [6.45, 7) is 0. The highest BCUT2D eigenvalue weighted by molar-refractivity contribution is 8.00. The van der Waals surface area contributed by atoms with Crippen LogP contribution in [-0.2, 0) is 0 Å². The van der Waals surface area contributed by atoms with E-state index in [1.54, 1.807) is 18.9 Å². The van der Waals surface area contributed by atoms with Gasteiger partial charge in [-0.2, -0.15) is 0 Å². The van der Waals surface area contributed by atoms with Crippen molar-refractivity contribution in [1.82, 2.24) is 0 Å². The summed E-state index contributed by atoms with van der Waals surface area (Å²) in [6.07, 6.45) is 0. The molecule has 0 aromatic heterocycles. The van der Waals surface area contributed by atoms with Crippen LogP contribution in [0.3, 0.4) is 0 Å². The third-order valence-corrected chi connectivity index (χ3v) is 4.30. The molecule has 0 aliphatic carbocycles. The van der Waals surface area contributed by atoms with E-state index >= 15 is 0 Å². The van der Waals surface area contributed by atoms with Gasteiger partial charge >= 0.3 is 0 Å². The molecule has 0 radical (unpaired) electrons. The van der Waals surface area contributed by atoms with E-state index in [4.69, 9.17) is 9.47 Å². The van der Waals surface area contributed by atoms with Gasteiger partial charge in [-0.15, -0.1) is 12.6 Å². The quantitative estimate of drug-likeness (QED) is 0.662. The van der Waals surface area contributed by atoms with E-state index in [2.05, 4.69) is 12.6 Å². The molecule has 1 aliphatic rings. The SMILES string of the molecule is COc1cccc2c1Sc1c(S)cccc1O2. The Balaban J connectivity index is 2.14. The summed E-state index contributed by atoms with van der Waals surface area (Å²) >= 11 is 6.08. The van der Waals surface area contributed by atoms with Gasteiger partial charge in [-0.3, -0.25) is 0 Å². The molecule has 0 atom stereocenters. The van der Waals surface area contributed by atoms with Crippen LogP contribution in [0.2, 0.25) is 0 Å². The van der Waals surface area contributed by atoms with Gasteiger partial charge in [0.05, 0.1) is 16.9 Å². The summed E-state index contributed by atoms with van der Waals surface area (Å²) in [6, 6.07) is 11.6. The Morgan fingerprint density at radius 3 is 2.53 bits per heavy atom. The fourth-order valence-corrected chi connectivity index (χ4v) is 3.13. The van der Waals surface area contributed by atoms with E-state index in [0.717, 1.165) is 31.9 Å². The van der Waals surface area contributed by atoms with Gasteiger partial charge in [0.15, 0.2) is 0 Å². The Bertz CT molecular complexity index is 582. The third-order valence-electron chi connectivity index (χ3n) is 2.54. The van der Waals surface area contributed by atoms with Crippen molar-refractivity contribution in [2.24, 2.45) is 0 Å². The predicted molar refractivity (Wildman–Crippen MR) is 70.9 cm³/mol. The highest BCUT2D eigenvalue weighted by Gasteiger charge is 2.22. The van der Waals surface area contributed by atoms with Gasteiger partial charge in [0.25, 0.3) is 0 Å². The maximum absolute atomic E-state index is 5.85. The second-order valence-corrected chi connectivity index (χ2v) is 5.10. The second kappa shape index (κ2) is 4.20. The van der Waals surface area contributed by atoms with Crippen LogP contribution in [0.25, 0.3) is 0 Å². The minimum Gasteiger partial charge on any atom is -0.495 e. The second-order valence-electron chi connectivity index (χ2n) is 3.60. The topological polar surface area (TPSA) is 18.5 Å². The lowest BCUT2D eigenvalue weighted by Gasteiger charge is -2.22. The normalized spacial score (nSPS) is 12.4. The fourth-order valence-electron chi connectivity index (χ4n) is 1.75. The highest BCUT2D eigenvalue weighted by atomic mass is 32.2. The minimum absolute atomic E-state index is 0.828. The molecule has 0 unspecified atom stereocenters. The predicted octanol–water partition coefficient (Wildman–Crippen LogP) is 4.24. The van der Waals surface area contributed by atoms with Gasteiger partial charge in [0.2, 0.25) is 0 Å². The molecule has 0 spiro atoms. The third kappa shape index (κ3) is 1.77. The number of thiol groups is 1. The molecule has 2 aromatic carbocycles. The van der Waals surface area contributed by atoms with Crippen LogP contribution in [0.5, 0.6) is 17.2 Å². The van der Waals surface area contributed by atoms with Crippen molar-refractivity contribution in [3.05, 3.63) is 36.4 Å². The van der Waals surface area contributed by atoms with E-state index in [0.29, 0.717) is 0 Å². The summed E-state index contributed by atoms with van der Waals surface area (Å²) in [4.78, 5) is 2.96. The average Bonchev–Trinajstić information content (AvgIpc) is 2.36. The molecular weight excluding hydrogens is 252 g/mol. The maximum atomic E-state index is 5.85. The van der Waals surface area contributed by atoms with Crippen LogP contribution < -0.4 is 9.47 Å². The fraction of sp³-hybridized carbons (Fsp3) is 0.0769. The van der Waals surface area contributed by atoms with Crippen molar-refractivity contribution in [2.75, 3.05) is 7.11 Å². The van der Waals surface area contributed by atoms with Gasteiger partial charge in [0, 0.05) is 4.90 Å². The molecule has 0 saturated heterocycles. The molecule has 86 valence electrons. The Morgan fingerprint density at radius 1 is 1.06 bits per heavy atom. The smallest absolute Gasteiger partial charge is 0.145 e. The van der Waals surface area contributed by atoms with Crippen LogP contribution >= 0.6 is 24.4 Å². The first-order valence-corrected chi connectivity index (χ1v) is 6.40. The van der Waals surface area contributed by atoms with E-state index in [9.17, 15) is 0 Å². The first-order valence-electron chi connectivity index (χ1n) is 5.14. The van der Waals surface area contributed by atoms with E-state index in [1.165, 1.54) is 0 Å². The van der Waals surface area contributed by atoms with Crippen LogP contribution in [0.1, 0.15) is 0 Å². The van der Waals surface area contributed by atoms with Gasteiger partial charge in [-0.1, -0.05) is 23.9 Å². The van der Waals surface area contributed by atoms with E-state index < -0.39 is 0 Å². The number of rotatable bonds is 1. The van der Waals surface area contributed by atoms with Crippen molar-refractivity contribution in [2.45, 2.75) is 14.7 Å². The molecular formula is C13H10O2S2. The van der Waals surface area contributed by atoms with Gasteiger partial charge in [-0.25, -0.2) is 0 Å². The van der Waals surface area contributed by atoms with Crippen LogP contribution in [0.15, 0.2) is 51.1 Å². The molecule has 0 saturated carbocycles. The van der Waals surface area contributed by atoms with Crippen molar-refractivity contribution in [1.29, 1.82) is 0 Å². The first kappa shape index (κ1) is 10.9. The van der Waals surface area contributed by atoms with Crippen LogP contribution in [0, 0.1) is 0 Å². The van der Waals surface area contributed by atoms with E-state index in [1.807, 2.05) is 36.4 Å². The molecule has 1 heterocycles. The number of methoxy groups -OCH3 is 1. The van der Waals surface area contributed by atoms with Crippen molar-refractivity contribution in [3.63, 3.8) is 0 Å². The molecule has 0 fully saturated rings. The number of hydrogen-bond acceptors (Lipinski definition) is 4. The average molecular weight is 262 g/mol. The largest absolute Gasteiger partial charge is 0.495 e. The van der Waals surface area contributed by atoms with Gasteiger partial charge < -0.3 is 9.47 Å². The molecule has 0 amide bonds. The summed E-state index contributed by atoms with van der Waals surface area (Å²) in [5.41, 5.74) is 0. The Morgan fingerprint density at radius 2 is 1.76 bits per heavy atom. The lowest BCUT2D eigenvalue weighted by atomic mass is 10.3. The maximum Gasteiger partial charge on any atom is 0.145 e. The van der Waals surface area contributed by atoms with Crippen molar-refractivity contribution in [3.8, 4) is 17.2 Å². The zero-order valence-electron chi connectivity index (χ0n) is 9.14. The zero-order chi connectivity index (χ0) is 11.8. The zero-order valence-corrected chi connectivity index (χ0v) is 10.8. The minimum atomic E-state index is 0.828. The number of ether oxygens (including phenoxy) is 2. The first-order chi connectivity index (χ1) is 8.29. The van der Waals surface area contributed by atoms with Crippen LogP contribution in [-0.4, -0.2) is 7.11 Å². The number of fused-ring (bicyclic) bond motifs is 2. The molecule has 1 aliphatic heterocycles. The van der Waals surface area contributed by atoms with Gasteiger partial charge in [-0.05, 0) is 24.3 Å². The van der Waals surface area contributed by atoms with E-state index in [-0.39, 0.29) is 0 Å². The number of hydrogen-bond donors (Lipinski definition) is 1. The molecule has 0 N–H and O–H groups in total. The summed E-state index contributed by atoms with van der Waals surface area (Å²) in [5, 5.41) is 0. The molecule has 2 aromatic rings. The lowest BCUT2D eigenvalue weighted by molar-refractivity contribution is 0.389. The number of benzene rings is 2. The highest BCUT2D eigenvalue weighted by Crippen LogP contribution is 2.52. The molecule has 3 rings (SSSR count). The summed E-state index contributed by atoms with van der Waals surface area (Å²) < 4.78 is 11.2. The Hall–Kier alpha value is -1.26. The Kier molecular flexibility index (Phi) is 2.68. The molecule has 0 bridgehead atoms. The van der Waals surface area contributed by atoms with Crippen LogP contribution in [0.4, 0.5) is 0 Å². The monoisotopic (exact) mass is 262 g/mol. The molecule has 17 heavy (non-hydrogen) atoms. The summed E-state index contributed by atoms with van der Waals surface area (Å²) in [5.74, 6) is 2.51. The molecule has 2 nitrogen and oxygen atoms in total.